The standard InChI is InChI=1S/C12H8F4N2O2/c13-7-3-1-2-4-8(7)17-9-5-6(12(14,15)16)10(18-9)11(19)20/h1-5,17-18H,(H,19,20). The second-order valence-corrected chi connectivity index (χ2v) is 3.88. The molecular formula is C12H8F4N2O2. The van der Waals surface area contributed by atoms with Gasteiger partial charge in [-0.25, -0.2) is 9.18 Å². The lowest BCUT2D eigenvalue weighted by atomic mass is 10.2. The normalized spacial score (nSPS) is 11.4. The Morgan fingerprint density at radius 1 is 1.25 bits per heavy atom. The number of halogens is 4. The minimum atomic E-state index is -4.82. The van der Waals surface area contributed by atoms with Gasteiger partial charge < -0.3 is 15.4 Å². The number of hydrogen-bond donors (Lipinski definition) is 3. The van der Waals surface area contributed by atoms with E-state index in [1.807, 2.05) is 0 Å². The van der Waals surface area contributed by atoms with Crippen molar-refractivity contribution in [1.29, 1.82) is 0 Å². The van der Waals surface area contributed by atoms with Gasteiger partial charge in [0, 0.05) is 0 Å². The van der Waals surface area contributed by atoms with Crippen LogP contribution in [0, 0.1) is 5.82 Å². The van der Waals surface area contributed by atoms with Crippen molar-refractivity contribution in [2.24, 2.45) is 0 Å². The van der Waals surface area contributed by atoms with Gasteiger partial charge in [-0.2, -0.15) is 13.2 Å². The van der Waals surface area contributed by atoms with Crippen molar-refractivity contribution in [2.75, 3.05) is 5.32 Å². The third-order valence-corrected chi connectivity index (χ3v) is 2.48. The van der Waals surface area contributed by atoms with E-state index in [4.69, 9.17) is 5.11 Å². The van der Waals surface area contributed by atoms with Crippen LogP contribution in [0.1, 0.15) is 16.1 Å². The Morgan fingerprint density at radius 3 is 2.40 bits per heavy atom. The number of nitrogens with one attached hydrogen (secondary N) is 2. The highest BCUT2D eigenvalue weighted by molar-refractivity contribution is 5.89. The molecule has 0 spiro atoms. The molecule has 2 aromatic rings. The third kappa shape index (κ3) is 2.73. The fraction of sp³-hybridized carbons (Fsp3) is 0.0833. The molecule has 0 unspecified atom stereocenters. The molecule has 0 aliphatic carbocycles. The van der Waals surface area contributed by atoms with Gasteiger partial charge in [-0.05, 0) is 18.2 Å². The van der Waals surface area contributed by atoms with Gasteiger partial charge in [-0.3, -0.25) is 0 Å². The van der Waals surface area contributed by atoms with Crippen molar-refractivity contribution in [3.05, 3.63) is 47.4 Å². The molecule has 0 fully saturated rings. The summed E-state index contributed by atoms with van der Waals surface area (Å²) in [6.07, 6.45) is -4.82. The summed E-state index contributed by atoms with van der Waals surface area (Å²) < 4.78 is 51.3. The van der Waals surface area contributed by atoms with E-state index >= 15 is 0 Å². The zero-order valence-electron chi connectivity index (χ0n) is 9.75. The maximum absolute atomic E-state index is 13.4. The van der Waals surface area contributed by atoms with Crippen LogP contribution in [0.3, 0.4) is 0 Å². The van der Waals surface area contributed by atoms with Crippen LogP contribution in [0.15, 0.2) is 30.3 Å². The highest BCUT2D eigenvalue weighted by Gasteiger charge is 2.37. The summed E-state index contributed by atoms with van der Waals surface area (Å²) in [6.45, 7) is 0. The number of carboxylic acid groups (broad SMARTS) is 1. The van der Waals surface area contributed by atoms with E-state index in [0.29, 0.717) is 6.07 Å². The van der Waals surface area contributed by atoms with Crippen molar-refractivity contribution in [2.45, 2.75) is 6.18 Å². The van der Waals surface area contributed by atoms with E-state index in [9.17, 15) is 22.4 Å². The number of alkyl halides is 3. The van der Waals surface area contributed by atoms with Gasteiger partial charge in [0.15, 0.2) is 0 Å². The summed E-state index contributed by atoms with van der Waals surface area (Å²) in [5.41, 5.74) is -2.40. The molecule has 8 heteroatoms. The first-order valence-corrected chi connectivity index (χ1v) is 5.34. The molecule has 3 N–H and O–H groups in total. The number of hydrogen-bond acceptors (Lipinski definition) is 2. The van der Waals surface area contributed by atoms with E-state index in [-0.39, 0.29) is 11.5 Å². The van der Waals surface area contributed by atoms with Crippen molar-refractivity contribution in [1.82, 2.24) is 4.98 Å². The first-order chi connectivity index (χ1) is 9.29. The number of carboxylic acids is 1. The average Bonchev–Trinajstić information content (AvgIpc) is 2.76. The van der Waals surface area contributed by atoms with Gasteiger partial charge >= 0.3 is 12.1 Å². The number of aromatic carboxylic acids is 1. The lowest BCUT2D eigenvalue weighted by Gasteiger charge is -2.04. The molecule has 0 amide bonds. The smallest absolute Gasteiger partial charge is 0.418 e. The van der Waals surface area contributed by atoms with E-state index in [1.165, 1.54) is 18.2 Å². The Balaban J connectivity index is 2.40. The number of rotatable bonds is 3. The van der Waals surface area contributed by atoms with Crippen molar-refractivity contribution in [3.63, 3.8) is 0 Å². The van der Waals surface area contributed by atoms with Crippen molar-refractivity contribution in [3.8, 4) is 0 Å². The van der Waals surface area contributed by atoms with Crippen LogP contribution >= 0.6 is 0 Å². The predicted octanol–water partition coefficient (Wildman–Crippen LogP) is 3.61. The molecule has 1 heterocycles. The summed E-state index contributed by atoms with van der Waals surface area (Å²) in [4.78, 5) is 12.8. The van der Waals surface area contributed by atoms with Gasteiger partial charge in [0.1, 0.15) is 17.3 Å². The van der Waals surface area contributed by atoms with Gasteiger partial charge in [0.05, 0.1) is 11.3 Å². The topological polar surface area (TPSA) is 65.1 Å². The van der Waals surface area contributed by atoms with Gasteiger partial charge in [-0.15, -0.1) is 0 Å². The maximum atomic E-state index is 13.4. The highest BCUT2D eigenvalue weighted by Crippen LogP contribution is 2.34. The molecule has 0 saturated heterocycles. The molecule has 0 aliphatic heterocycles. The Hall–Kier alpha value is -2.51. The Labute approximate surface area is 110 Å². The number of H-pyrrole nitrogens is 1. The zero-order valence-corrected chi connectivity index (χ0v) is 9.75. The van der Waals surface area contributed by atoms with Gasteiger partial charge in [0.25, 0.3) is 0 Å². The van der Waals surface area contributed by atoms with Crippen LogP contribution < -0.4 is 5.32 Å². The number of aromatic amines is 1. The molecule has 1 aromatic carbocycles. The third-order valence-electron chi connectivity index (χ3n) is 2.48. The van der Waals surface area contributed by atoms with Crippen molar-refractivity contribution >= 4 is 17.5 Å². The van der Waals surface area contributed by atoms with Crippen LogP contribution in [0.25, 0.3) is 0 Å². The molecule has 0 radical (unpaired) electrons. The molecule has 20 heavy (non-hydrogen) atoms. The molecule has 0 bridgehead atoms. The zero-order chi connectivity index (χ0) is 14.9. The number of aromatic nitrogens is 1. The molecule has 0 aliphatic rings. The van der Waals surface area contributed by atoms with E-state index in [2.05, 4.69) is 10.3 Å². The fourth-order valence-electron chi connectivity index (χ4n) is 1.62. The molecule has 0 atom stereocenters. The number of carbonyl (C=O) groups is 1. The van der Waals surface area contributed by atoms with Crippen LogP contribution in [0.2, 0.25) is 0 Å². The van der Waals surface area contributed by atoms with Gasteiger partial charge in [-0.1, -0.05) is 12.1 Å². The van der Waals surface area contributed by atoms with E-state index in [1.54, 1.807) is 0 Å². The first kappa shape index (κ1) is 13.9. The quantitative estimate of drug-likeness (QED) is 0.756. The Bertz CT molecular complexity index is 649. The predicted molar refractivity (Wildman–Crippen MR) is 62.4 cm³/mol. The Morgan fingerprint density at radius 2 is 1.90 bits per heavy atom. The monoisotopic (exact) mass is 288 g/mol. The van der Waals surface area contributed by atoms with Crippen LogP contribution in [-0.2, 0) is 6.18 Å². The average molecular weight is 288 g/mol. The molecule has 1 aromatic heterocycles. The lowest BCUT2D eigenvalue weighted by Crippen LogP contribution is -2.10. The fourth-order valence-corrected chi connectivity index (χ4v) is 1.62. The van der Waals surface area contributed by atoms with Crippen LogP contribution in [-0.4, -0.2) is 16.1 Å². The van der Waals surface area contributed by atoms with Crippen molar-refractivity contribution < 1.29 is 27.5 Å². The second-order valence-electron chi connectivity index (χ2n) is 3.88. The lowest BCUT2D eigenvalue weighted by molar-refractivity contribution is -0.138. The summed E-state index contributed by atoms with van der Waals surface area (Å²) in [5.74, 6) is -2.69. The van der Waals surface area contributed by atoms with Crippen LogP contribution in [0.4, 0.5) is 29.1 Å². The number of para-hydroxylation sites is 1. The van der Waals surface area contributed by atoms with E-state index < -0.39 is 29.2 Å². The van der Waals surface area contributed by atoms with Gasteiger partial charge in [0.2, 0.25) is 0 Å². The summed E-state index contributed by atoms with van der Waals surface area (Å²) in [6, 6.07) is 5.91. The molecule has 4 nitrogen and oxygen atoms in total. The first-order valence-electron chi connectivity index (χ1n) is 5.34. The molecule has 106 valence electrons. The summed E-state index contributed by atoms with van der Waals surface area (Å²) >= 11 is 0. The Kier molecular flexibility index (Phi) is 3.39. The highest BCUT2D eigenvalue weighted by atomic mass is 19.4. The maximum Gasteiger partial charge on any atom is 0.418 e. The number of benzene rings is 1. The van der Waals surface area contributed by atoms with E-state index in [0.717, 1.165) is 6.07 Å². The summed E-state index contributed by atoms with van der Waals surface area (Å²) in [7, 11) is 0. The molecular weight excluding hydrogens is 280 g/mol. The minimum absolute atomic E-state index is 0.0700. The molecule has 2 rings (SSSR count). The minimum Gasteiger partial charge on any atom is -0.477 e. The second kappa shape index (κ2) is 4.87. The summed E-state index contributed by atoms with van der Waals surface area (Å²) in [5, 5.41) is 11.1. The SMILES string of the molecule is O=C(O)c1[nH]c(Nc2ccccc2F)cc1C(F)(F)F. The largest absolute Gasteiger partial charge is 0.477 e. The molecule has 0 saturated carbocycles. The number of anilines is 2. The van der Waals surface area contributed by atoms with Crippen LogP contribution in [0.5, 0.6) is 0 Å².